The lowest BCUT2D eigenvalue weighted by molar-refractivity contribution is -0.121. The van der Waals surface area contributed by atoms with Gasteiger partial charge in [0.1, 0.15) is 0 Å². The van der Waals surface area contributed by atoms with Gasteiger partial charge in [-0.1, -0.05) is 67.7 Å². The molecule has 10 heteroatoms. The van der Waals surface area contributed by atoms with E-state index < -0.39 is 22.5 Å². The lowest BCUT2D eigenvalue weighted by atomic mass is 10.2. The Hall–Kier alpha value is -2.04. The fourth-order valence-corrected chi connectivity index (χ4v) is 4.74. The van der Waals surface area contributed by atoms with Crippen LogP contribution in [0.4, 0.5) is 0 Å². The van der Waals surface area contributed by atoms with E-state index >= 15 is 0 Å². The summed E-state index contributed by atoms with van der Waals surface area (Å²) in [6.07, 6.45) is 1.48. The maximum absolute atomic E-state index is 13.2. The van der Waals surface area contributed by atoms with Gasteiger partial charge in [0.15, 0.2) is 0 Å². The number of benzene rings is 3. The highest BCUT2D eigenvalue weighted by Gasteiger charge is 2.27. The normalized spacial score (nSPS) is 11.8. The van der Waals surface area contributed by atoms with Gasteiger partial charge in [0, 0.05) is 20.5 Å². The molecule has 0 heterocycles. The summed E-state index contributed by atoms with van der Waals surface area (Å²) in [6.45, 7) is -0.388. The van der Waals surface area contributed by atoms with Gasteiger partial charge in [0.2, 0.25) is 10.0 Å². The van der Waals surface area contributed by atoms with E-state index in [1.165, 1.54) is 30.5 Å². The third-order valence-electron chi connectivity index (χ3n) is 4.32. The van der Waals surface area contributed by atoms with Crippen molar-refractivity contribution in [1.82, 2.24) is 9.73 Å². The quantitative estimate of drug-likeness (QED) is 0.286. The van der Waals surface area contributed by atoms with E-state index in [1.54, 1.807) is 12.1 Å². The van der Waals surface area contributed by atoms with E-state index in [2.05, 4.69) is 42.4 Å². The van der Waals surface area contributed by atoms with Gasteiger partial charge < -0.3 is 0 Å². The van der Waals surface area contributed by atoms with Gasteiger partial charge in [0.25, 0.3) is 5.91 Å². The average molecular weight is 600 g/mol. The van der Waals surface area contributed by atoms with Crippen molar-refractivity contribution in [2.75, 3.05) is 6.54 Å². The first-order valence-electron chi connectivity index (χ1n) is 9.32. The summed E-state index contributed by atoms with van der Waals surface area (Å²) in [5, 5.41) is 4.34. The van der Waals surface area contributed by atoms with E-state index in [0.717, 1.165) is 24.4 Å². The topological polar surface area (TPSA) is 78.8 Å². The van der Waals surface area contributed by atoms with Crippen molar-refractivity contribution in [2.45, 2.75) is 11.4 Å². The Morgan fingerprint density at radius 1 is 0.938 bits per heavy atom. The smallest absolute Gasteiger partial charge is 0.255 e. The van der Waals surface area contributed by atoms with Gasteiger partial charge in [-0.25, -0.2) is 13.8 Å². The number of amides is 1. The van der Waals surface area contributed by atoms with Crippen molar-refractivity contribution in [2.24, 2.45) is 5.10 Å². The molecule has 0 bridgehead atoms. The van der Waals surface area contributed by atoms with Crippen molar-refractivity contribution in [3.8, 4) is 0 Å². The van der Waals surface area contributed by atoms with Crippen LogP contribution >= 0.6 is 43.5 Å². The highest BCUT2D eigenvalue weighted by molar-refractivity contribution is 9.10. The fraction of sp³-hybridized carbons (Fsp3) is 0.0909. The third-order valence-corrected chi connectivity index (χ3v) is 7.43. The molecule has 166 valence electrons. The molecular formula is C22H18Br2ClN3O3S. The van der Waals surface area contributed by atoms with Crippen LogP contribution in [-0.4, -0.2) is 31.4 Å². The summed E-state index contributed by atoms with van der Waals surface area (Å²) in [5.74, 6) is -0.562. The summed E-state index contributed by atoms with van der Waals surface area (Å²) >= 11 is 12.6. The first-order valence-corrected chi connectivity index (χ1v) is 12.7. The van der Waals surface area contributed by atoms with E-state index in [1.807, 2.05) is 36.4 Å². The number of nitrogens with zero attached hydrogens (tertiary/aromatic N) is 2. The van der Waals surface area contributed by atoms with Crippen LogP contribution in [0.2, 0.25) is 5.02 Å². The molecule has 0 aliphatic heterocycles. The van der Waals surface area contributed by atoms with Crippen LogP contribution in [0.15, 0.2) is 91.7 Å². The number of hydrogen-bond acceptors (Lipinski definition) is 4. The van der Waals surface area contributed by atoms with Crippen LogP contribution in [0.5, 0.6) is 0 Å². The molecule has 0 radical (unpaired) electrons. The van der Waals surface area contributed by atoms with Crippen LogP contribution in [0.25, 0.3) is 0 Å². The van der Waals surface area contributed by atoms with Crippen molar-refractivity contribution < 1.29 is 13.2 Å². The molecule has 0 aliphatic carbocycles. The van der Waals surface area contributed by atoms with E-state index in [9.17, 15) is 13.2 Å². The van der Waals surface area contributed by atoms with Crippen LogP contribution in [0.3, 0.4) is 0 Å². The molecule has 0 aromatic heterocycles. The number of carbonyl (C=O) groups excluding carboxylic acids is 1. The SMILES string of the molecule is O=C(CN(Cc1ccc(Br)cc1)S(=O)(=O)c1ccc(Cl)cc1)N/N=C\c1ccc(Br)cc1. The molecule has 0 saturated heterocycles. The Balaban J connectivity index is 1.78. The van der Waals surface area contributed by atoms with Gasteiger partial charge >= 0.3 is 0 Å². The molecule has 1 amide bonds. The molecule has 1 N–H and O–H groups in total. The number of sulfonamides is 1. The molecule has 0 unspecified atom stereocenters. The fourth-order valence-electron chi connectivity index (χ4n) is 2.70. The van der Waals surface area contributed by atoms with Crippen molar-refractivity contribution >= 4 is 65.6 Å². The zero-order chi connectivity index (χ0) is 23.1. The number of hydrazone groups is 1. The van der Waals surface area contributed by atoms with Gasteiger partial charge in [0.05, 0.1) is 17.7 Å². The third kappa shape index (κ3) is 6.98. The minimum atomic E-state index is -3.96. The Kier molecular flexibility index (Phi) is 8.61. The van der Waals surface area contributed by atoms with Gasteiger partial charge in [-0.2, -0.15) is 9.41 Å². The molecule has 3 aromatic carbocycles. The molecule has 3 rings (SSSR count). The highest BCUT2D eigenvalue weighted by atomic mass is 79.9. The molecule has 32 heavy (non-hydrogen) atoms. The second-order valence-electron chi connectivity index (χ2n) is 6.70. The predicted molar refractivity (Wildman–Crippen MR) is 133 cm³/mol. The Morgan fingerprint density at radius 3 is 2.09 bits per heavy atom. The second kappa shape index (κ2) is 11.2. The number of nitrogens with one attached hydrogen (secondary N) is 1. The zero-order valence-electron chi connectivity index (χ0n) is 16.6. The van der Waals surface area contributed by atoms with Gasteiger partial charge in [-0.3, -0.25) is 4.79 Å². The zero-order valence-corrected chi connectivity index (χ0v) is 21.3. The maximum atomic E-state index is 13.2. The highest BCUT2D eigenvalue weighted by Crippen LogP contribution is 2.21. The van der Waals surface area contributed by atoms with Gasteiger partial charge in [-0.15, -0.1) is 0 Å². The summed E-state index contributed by atoms with van der Waals surface area (Å²) < 4.78 is 29.4. The molecule has 0 saturated carbocycles. The van der Waals surface area contributed by atoms with Crippen LogP contribution in [-0.2, 0) is 21.4 Å². The average Bonchev–Trinajstić information content (AvgIpc) is 2.76. The summed E-state index contributed by atoms with van der Waals surface area (Å²) in [7, 11) is -3.96. The van der Waals surface area contributed by atoms with E-state index in [-0.39, 0.29) is 11.4 Å². The lowest BCUT2D eigenvalue weighted by Gasteiger charge is -2.21. The predicted octanol–water partition coefficient (Wildman–Crippen LogP) is 5.21. The molecule has 0 spiro atoms. The number of halogens is 3. The first-order chi connectivity index (χ1) is 15.2. The Bertz CT molecular complexity index is 1200. The molecule has 0 atom stereocenters. The first kappa shape index (κ1) is 24.6. The maximum Gasteiger partial charge on any atom is 0.255 e. The van der Waals surface area contributed by atoms with Crippen molar-refractivity contribution in [3.63, 3.8) is 0 Å². The molecular weight excluding hydrogens is 582 g/mol. The Labute approximate surface area is 208 Å². The van der Waals surface area contributed by atoms with Crippen molar-refractivity contribution in [1.29, 1.82) is 0 Å². The van der Waals surface area contributed by atoms with Crippen LogP contribution in [0, 0.1) is 0 Å². The minimum absolute atomic E-state index is 0.0160. The molecule has 0 aliphatic rings. The Morgan fingerprint density at radius 2 is 1.50 bits per heavy atom. The van der Waals surface area contributed by atoms with Crippen LogP contribution < -0.4 is 5.43 Å². The number of rotatable bonds is 8. The van der Waals surface area contributed by atoms with Crippen molar-refractivity contribution in [3.05, 3.63) is 97.9 Å². The number of carbonyl (C=O) groups is 1. The van der Waals surface area contributed by atoms with Gasteiger partial charge in [-0.05, 0) is 59.7 Å². The van der Waals surface area contributed by atoms with E-state index in [0.29, 0.717) is 5.02 Å². The molecule has 0 fully saturated rings. The molecule has 3 aromatic rings. The summed E-state index contributed by atoms with van der Waals surface area (Å²) in [4.78, 5) is 12.6. The van der Waals surface area contributed by atoms with E-state index in [4.69, 9.17) is 11.6 Å². The lowest BCUT2D eigenvalue weighted by Crippen LogP contribution is -2.39. The van der Waals surface area contributed by atoms with Crippen LogP contribution in [0.1, 0.15) is 11.1 Å². The largest absolute Gasteiger partial charge is 0.272 e. The summed E-state index contributed by atoms with van der Waals surface area (Å²) in [6, 6.07) is 20.4. The number of hydrogen-bond donors (Lipinski definition) is 1. The molecule has 6 nitrogen and oxygen atoms in total. The summed E-state index contributed by atoms with van der Waals surface area (Å²) in [5.41, 5.74) is 3.91. The minimum Gasteiger partial charge on any atom is -0.272 e. The second-order valence-corrected chi connectivity index (χ2v) is 10.9. The monoisotopic (exact) mass is 597 g/mol. The standard InChI is InChI=1S/C22H18Br2ClN3O3S/c23-18-5-1-16(2-6-18)13-26-27-22(29)15-28(14-17-3-7-19(24)8-4-17)32(30,31)21-11-9-20(25)10-12-21/h1-13H,14-15H2,(H,27,29)/b26-13-.